The van der Waals surface area contributed by atoms with Crippen LogP contribution in [0, 0.1) is 17.0 Å². The smallest absolute Gasteiger partial charge is 0.227 e. The van der Waals surface area contributed by atoms with Gasteiger partial charge in [-0.1, -0.05) is 58.6 Å². The second-order valence-corrected chi connectivity index (χ2v) is 7.92. The number of nitrogens with zero attached hydrogens (tertiary/aromatic N) is 1. The Morgan fingerprint density at radius 1 is 1.25 bits per heavy atom. The van der Waals surface area contributed by atoms with Gasteiger partial charge in [-0.15, -0.1) is 0 Å². The zero-order chi connectivity index (χ0) is 18.5. The summed E-state index contributed by atoms with van der Waals surface area (Å²) in [7, 11) is 0. The summed E-state index contributed by atoms with van der Waals surface area (Å²) in [5.74, 6) is -1.87. The van der Waals surface area contributed by atoms with Crippen molar-refractivity contribution in [3.63, 3.8) is 0 Å². The highest BCUT2D eigenvalue weighted by molar-refractivity contribution is 6.31. The highest BCUT2D eigenvalue weighted by Crippen LogP contribution is 2.32. The van der Waals surface area contributed by atoms with Gasteiger partial charge in [0.15, 0.2) is 5.82 Å². The Bertz CT molecular complexity index is 569. The van der Waals surface area contributed by atoms with E-state index in [9.17, 15) is 13.6 Å². The van der Waals surface area contributed by atoms with Gasteiger partial charge in [0.2, 0.25) is 5.91 Å². The van der Waals surface area contributed by atoms with Crippen LogP contribution in [0.1, 0.15) is 66.7 Å². The molecule has 0 radical (unpaired) electrons. The number of hydrogen-bond donors (Lipinski definition) is 0. The fraction of sp³-hybridized carbons (Fsp3) is 0.632. The molecule has 0 aliphatic carbocycles. The molecule has 0 spiro atoms. The molecule has 5 heteroatoms. The van der Waals surface area contributed by atoms with Crippen LogP contribution in [-0.4, -0.2) is 11.9 Å². The maximum Gasteiger partial charge on any atom is 0.227 e. The number of unbranched alkanes of at least 4 members (excludes halogenated alkanes) is 2. The van der Waals surface area contributed by atoms with Gasteiger partial charge in [-0.3, -0.25) is 4.79 Å². The summed E-state index contributed by atoms with van der Waals surface area (Å²) < 4.78 is 28.0. The molecule has 1 amide bonds. The highest BCUT2D eigenvalue weighted by atomic mass is 35.5. The standard InChI is InChI=1S/C19H28ClF2NO/c1-6-7-8-9-13(2)23(16(24)12-19(3,4)5)15-11-10-14(21)17(20)18(15)22/h10-11,13H,6-9,12H2,1-5H3. The SMILES string of the molecule is CCCCCC(C)N(C(=O)CC(C)(C)C)c1ccc(F)c(Cl)c1F. The average molecular weight is 360 g/mol. The van der Waals surface area contributed by atoms with Crippen LogP contribution in [0.4, 0.5) is 14.5 Å². The Balaban J connectivity index is 3.18. The minimum Gasteiger partial charge on any atom is -0.307 e. The molecule has 24 heavy (non-hydrogen) atoms. The number of benzene rings is 1. The van der Waals surface area contributed by atoms with Gasteiger partial charge in [0.1, 0.15) is 10.8 Å². The molecule has 0 aliphatic rings. The van der Waals surface area contributed by atoms with Crippen LogP contribution in [0.25, 0.3) is 0 Å². The van der Waals surface area contributed by atoms with Crippen molar-refractivity contribution in [2.75, 3.05) is 4.90 Å². The van der Waals surface area contributed by atoms with Crippen molar-refractivity contribution in [3.05, 3.63) is 28.8 Å². The molecule has 1 atom stereocenters. The van der Waals surface area contributed by atoms with E-state index in [0.29, 0.717) is 0 Å². The second-order valence-electron chi connectivity index (χ2n) is 7.54. The lowest BCUT2D eigenvalue weighted by atomic mass is 9.91. The third-order valence-electron chi connectivity index (χ3n) is 3.89. The quantitative estimate of drug-likeness (QED) is 0.410. The van der Waals surface area contributed by atoms with Gasteiger partial charge in [-0.2, -0.15) is 0 Å². The molecule has 1 rings (SSSR count). The molecule has 0 saturated heterocycles. The Hall–Kier alpha value is -1.16. The van der Waals surface area contributed by atoms with Crippen molar-refractivity contribution >= 4 is 23.2 Å². The minimum absolute atomic E-state index is 0.0552. The highest BCUT2D eigenvalue weighted by Gasteiger charge is 2.29. The molecule has 0 N–H and O–H groups in total. The molecule has 1 unspecified atom stereocenters. The maximum atomic E-state index is 14.5. The van der Waals surface area contributed by atoms with Crippen LogP contribution in [-0.2, 0) is 4.79 Å². The van der Waals surface area contributed by atoms with E-state index in [2.05, 4.69) is 6.92 Å². The first-order valence-corrected chi connectivity index (χ1v) is 8.91. The summed E-state index contributed by atoms with van der Waals surface area (Å²) >= 11 is 5.71. The van der Waals surface area contributed by atoms with Gasteiger partial charge in [0, 0.05) is 12.5 Å². The number of amides is 1. The molecule has 0 bridgehead atoms. The van der Waals surface area contributed by atoms with E-state index in [1.807, 2.05) is 27.7 Å². The third-order valence-corrected chi connectivity index (χ3v) is 4.24. The molecule has 0 aliphatic heterocycles. The number of rotatable bonds is 7. The molecule has 1 aromatic rings. The summed E-state index contributed by atoms with van der Waals surface area (Å²) in [4.78, 5) is 14.3. The lowest BCUT2D eigenvalue weighted by Crippen LogP contribution is -2.41. The molecule has 136 valence electrons. The number of carbonyl (C=O) groups excluding carboxylic acids is 1. The number of hydrogen-bond acceptors (Lipinski definition) is 1. The van der Waals surface area contributed by atoms with E-state index in [1.165, 1.54) is 11.0 Å². The van der Waals surface area contributed by atoms with Crippen molar-refractivity contribution in [3.8, 4) is 0 Å². The zero-order valence-corrected chi connectivity index (χ0v) is 16.0. The molecule has 0 saturated carbocycles. The Labute approximate surface area is 149 Å². The van der Waals surface area contributed by atoms with Gasteiger partial charge in [0.05, 0.1) is 5.69 Å². The van der Waals surface area contributed by atoms with Crippen LogP contribution in [0.5, 0.6) is 0 Å². The van der Waals surface area contributed by atoms with E-state index in [4.69, 9.17) is 11.6 Å². The van der Waals surface area contributed by atoms with E-state index in [0.717, 1.165) is 31.7 Å². The zero-order valence-electron chi connectivity index (χ0n) is 15.3. The van der Waals surface area contributed by atoms with Crippen molar-refractivity contribution in [2.45, 2.75) is 72.8 Å². The van der Waals surface area contributed by atoms with Crippen molar-refractivity contribution in [1.29, 1.82) is 0 Å². The van der Waals surface area contributed by atoms with Crippen LogP contribution in [0.2, 0.25) is 5.02 Å². The van der Waals surface area contributed by atoms with Crippen LogP contribution < -0.4 is 4.90 Å². The first kappa shape index (κ1) is 20.9. The summed E-state index contributed by atoms with van der Waals surface area (Å²) in [6.45, 7) is 9.87. The first-order chi connectivity index (χ1) is 11.1. The predicted molar refractivity (Wildman–Crippen MR) is 96.5 cm³/mol. The number of carbonyl (C=O) groups is 1. The average Bonchev–Trinajstić information content (AvgIpc) is 2.46. The summed E-state index contributed by atoms with van der Waals surface area (Å²) in [6.07, 6.45) is 4.11. The predicted octanol–water partition coefficient (Wildman–Crippen LogP) is 6.36. The van der Waals surface area contributed by atoms with Crippen LogP contribution in [0.3, 0.4) is 0 Å². The van der Waals surface area contributed by atoms with Gasteiger partial charge >= 0.3 is 0 Å². The monoisotopic (exact) mass is 359 g/mol. The molecule has 1 aromatic carbocycles. The van der Waals surface area contributed by atoms with Crippen molar-refractivity contribution in [2.24, 2.45) is 5.41 Å². The normalized spacial score (nSPS) is 13.0. The Morgan fingerprint density at radius 2 is 1.88 bits per heavy atom. The molecule has 2 nitrogen and oxygen atoms in total. The number of anilines is 1. The number of halogens is 3. The van der Waals surface area contributed by atoms with Crippen molar-refractivity contribution in [1.82, 2.24) is 0 Å². The Morgan fingerprint density at radius 3 is 2.42 bits per heavy atom. The van der Waals surface area contributed by atoms with E-state index >= 15 is 0 Å². The Kier molecular flexibility index (Phi) is 7.65. The molecular formula is C19H28ClF2NO. The second kappa shape index (κ2) is 8.80. The molecule has 0 fully saturated rings. The molecule has 0 heterocycles. The van der Waals surface area contributed by atoms with Gasteiger partial charge in [-0.25, -0.2) is 8.78 Å². The molecule has 0 aromatic heterocycles. The van der Waals surface area contributed by atoms with Gasteiger partial charge < -0.3 is 4.90 Å². The fourth-order valence-corrected chi connectivity index (χ4v) is 2.84. The van der Waals surface area contributed by atoms with Gasteiger partial charge in [-0.05, 0) is 30.9 Å². The molecular weight excluding hydrogens is 332 g/mol. The fourth-order valence-electron chi connectivity index (χ4n) is 2.68. The van der Waals surface area contributed by atoms with E-state index < -0.39 is 16.7 Å². The lowest BCUT2D eigenvalue weighted by Gasteiger charge is -2.32. The van der Waals surface area contributed by atoms with E-state index in [-0.39, 0.29) is 29.5 Å². The topological polar surface area (TPSA) is 20.3 Å². The first-order valence-electron chi connectivity index (χ1n) is 8.54. The summed E-state index contributed by atoms with van der Waals surface area (Å²) in [6, 6.07) is 2.23. The van der Waals surface area contributed by atoms with Gasteiger partial charge in [0.25, 0.3) is 0 Å². The maximum absolute atomic E-state index is 14.5. The third kappa shape index (κ3) is 5.73. The van der Waals surface area contributed by atoms with E-state index in [1.54, 1.807) is 0 Å². The van der Waals surface area contributed by atoms with Crippen LogP contribution >= 0.6 is 11.6 Å². The summed E-state index contributed by atoms with van der Waals surface area (Å²) in [5.41, 5.74) is -0.168. The van der Waals surface area contributed by atoms with Crippen molar-refractivity contribution < 1.29 is 13.6 Å². The summed E-state index contributed by atoms with van der Waals surface area (Å²) in [5, 5.41) is -0.568. The lowest BCUT2D eigenvalue weighted by molar-refractivity contribution is -0.120. The van der Waals surface area contributed by atoms with Crippen LogP contribution in [0.15, 0.2) is 12.1 Å². The minimum atomic E-state index is -0.874. The largest absolute Gasteiger partial charge is 0.307 e.